The predicted octanol–water partition coefficient (Wildman–Crippen LogP) is 1.68. The molecule has 0 atom stereocenters. The third-order valence-electron chi connectivity index (χ3n) is 2.43. The Kier molecular flexibility index (Phi) is 3.51. The Bertz CT molecular complexity index is 623. The number of aryl methyl sites for hydroxylation is 1. The SMILES string of the molecule is Cc1nonc1COc1cc(C=O)ccc1[N+](=O)[O-]. The summed E-state index contributed by atoms with van der Waals surface area (Å²) in [6, 6.07) is 3.86. The van der Waals surface area contributed by atoms with Crippen molar-refractivity contribution in [2.24, 2.45) is 0 Å². The van der Waals surface area contributed by atoms with Crippen LogP contribution in [0.1, 0.15) is 21.7 Å². The molecule has 0 radical (unpaired) electrons. The molecule has 0 unspecified atom stereocenters. The Labute approximate surface area is 107 Å². The van der Waals surface area contributed by atoms with Crippen molar-refractivity contribution < 1.29 is 19.1 Å². The molecule has 0 aliphatic heterocycles. The molecule has 0 fully saturated rings. The molecule has 0 bridgehead atoms. The molecule has 2 rings (SSSR count). The monoisotopic (exact) mass is 263 g/mol. The van der Waals surface area contributed by atoms with Crippen LogP contribution in [-0.2, 0) is 6.61 Å². The van der Waals surface area contributed by atoms with E-state index in [1.807, 2.05) is 0 Å². The number of aromatic nitrogens is 2. The van der Waals surface area contributed by atoms with Crippen LogP contribution in [-0.4, -0.2) is 21.5 Å². The first-order valence-electron chi connectivity index (χ1n) is 5.26. The molecule has 0 aliphatic carbocycles. The number of nitro benzene ring substituents is 1. The minimum absolute atomic E-state index is 0.00278. The summed E-state index contributed by atoms with van der Waals surface area (Å²) in [7, 11) is 0. The number of hydrogen-bond donors (Lipinski definition) is 0. The molecule has 0 N–H and O–H groups in total. The van der Waals surface area contributed by atoms with Crippen LogP contribution in [0.25, 0.3) is 0 Å². The van der Waals surface area contributed by atoms with Gasteiger partial charge >= 0.3 is 5.69 Å². The van der Waals surface area contributed by atoms with Crippen molar-refractivity contribution in [2.45, 2.75) is 13.5 Å². The van der Waals surface area contributed by atoms with Gasteiger partial charge in [-0.05, 0) is 19.1 Å². The number of rotatable bonds is 5. The lowest BCUT2D eigenvalue weighted by Crippen LogP contribution is -2.01. The Morgan fingerprint density at radius 1 is 1.47 bits per heavy atom. The summed E-state index contributed by atoms with van der Waals surface area (Å²) in [5.41, 5.74) is 1.04. The summed E-state index contributed by atoms with van der Waals surface area (Å²) < 4.78 is 9.79. The number of hydrogen-bond acceptors (Lipinski definition) is 7. The number of aldehydes is 1. The van der Waals surface area contributed by atoms with Crippen LogP contribution < -0.4 is 4.74 Å². The first-order valence-corrected chi connectivity index (χ1v) is 5.26. The smallest absolute Gasteiger partial charge is 0.310 e. The van der Waals surface area contributed by atoms with Gasteiger partial charge in [-0.25, -0.2) is 4.63 Å². The van der Waals surface area contributed by atoms with Crippen LogP contribution >= 0.6 is 0 Å². The standard InChI is InChI=1S/C11H9N3O5/c1-7-9(13-19-12-7)6-18-11-4-8(5-15)2-3-10(11)14(16)17/h2-5H,6H2,1H3. The molecular weight excluding hydrogens is 254 g/mol. The van der Waals surface area contributed by atoms with Gasteiger partial charge in [0.25, 0.3) is 0 Å². The van der Waals surface area contributed by atoms with Crippen LogP contribution in [0, 0.1) is 17.0 Å². The maximum absolute atomic E-state index is 10.8. The molecule has 1 aromatic carbocycles. The summed E-state index contributed by atoms with van der Waals surface area (Å²) in [4.78, 5) is 20.9. The van der Waals surface area contributed by atoms with Gasteiger partial charge < -0.3 is 4.74 Å². The quantitative estimate of drug-likeness (QED) is 0.458. The minimum Gasteiger partial charge on any atom is -0.480 e. The van der Waals surface area contributed by atoms with Crippen molar-refractivity contribution in [1.29, 1.82) is 0 Å². The third kappa shape index (κ3) is 2.73. The van der Waals surface area contributed by atoms with E-state index >= 15 is 0 Å². The van der Waals surface area contributed by atoms with Crippen molar-refractivity contribution in [3.05, 3.63) is 45.3 Å². The maximum atomic E-state index is 10.8. The van der Waals surface area contributed by atoms with Gasteiger partial charge in [0, 0.05) is 11.6 Å². The van der Waals surface area contributed by atoms with Gasteiger partial charge in [0.05, 0.1) is 4.92 Å². The van der Waals surface area contributed by atoms with Crippen molar-refractivity contribution in [3.8, 4) is 5.75 Å². The highest BCUT2D eigenvalue weighted by molar-refractivity contribution is 5.76. The number of nitrogens with zero attached hydrogens (tertiary/aromatic N) is 3. The van der Waals surface area contributed by atoms with E-state index in [9.17, 15) is 14.9 Å². The molecule has 8 nitrogen and oxygen atoms in total. The molecule has 98 valence electrons. The van der Waals surface area contributed by atoms with E-state index in [2.05, 4.69) is 14.9 Å². The Hall–Kier alpha value is -2.77. The first kappa shape index (κ1) is 12.7. The van der Waals surface area contributed by atoms with Crippen LogP contribution in [0.5, 0.6) is 5.75 Å². The van der Waals surface area contributed by atoms with E-state index in [1.54, 1.807) is 6.92 Å². The van der Waals surface area contributed by atoms with Gasteiger partial charge in [-0.15, -0.1) is 0 Å². The molecule has 19 heavy (non-hydrogen) atoms. The van der Waals surface area contributed by atoms with Crippen molar-refractivity contribution in [1.82, 2.24) is 10.3 Å². The second-order valence-electron chi connectivity index (χ2n) is 3.69. The molecule has 1 heterocycles. The van der Waals surface area contributed by atoms with E-state index in [0.29, 0.717) is 17.7 Å². The Morgan fingerprint density at radius 3 is 2.84 bits per heavy atom. The van der Waals surface area contributed by atoms with E-state index in [4.69, 9.17) is 4.74 Å². The lowest BCUT2D eigenvalue weighted by Gasteiger charge is -2.05. The molecule has 0 saturated carbocycles. The normalized spacial score (nSPS) is 10.2. The fourth-order valence-electron chi connectivity index (χ4n) is 1.40. The van der Waals surface area contributed by atoms with Crippen LogP contribution in [0.4, 0.5) is 5.69 Å². The number of nitro groups is 1. The molecule has 1 aromatic heterocycles. The topological polar surface area (TPSA) is 108 Å². The van der Waals surface area contributed by atoms with Crippen molar-refractivity contribution in [3.63, 3.8) is 0 Å². The highest BCUT2D eigenvalue weighted by Gasteiger charge is 2.17. The molecule has 8 heteroatoms. The van der Waals surface area contributed by atoms with E-state index < -0.39 is 4.92 Å². The molecule has 0 spiro atoms. The molecule has 0 amide bonds. The van der Waals surface area contributed by atoms with Crippen molar-refractivity contribution in [2.75, 3.05) is 0 Å². The molecule has 0 saturated heterocycles. The number of carbonyl (C=O) groups excluding carboxylic acids is 1. The average molecular weight is 263 g/mol. The summed E-state index contributed by atoms with van der Waals surface area (Å²) in [6.45, 7) is 1.64. The molecule has 0 aliphatic rings. The summed E-state index contributed by atoms with van der Waals surface area (Å²) >= 11 is 0. The largest absolute Gasteiger partial charge is 0.480 e. The molecular formula is C11H9N3O5. The number of ether oxygens (including phenoxy) is 1. The van der Waals surface area contributed by atoms with Crippen LogP contribution in [0.3, 0.4) is 0 Å². The fraction of sp³-hybridized carbons (Fsp3) is 0.182. The number of benzene rings is 1. The first-order chi connectivity index (χ1) is 9.11. The van der Waals surface area contributed by atoms with Crippen LogP contribution in [0.15, 0.2) is 22.8 Å². The van der Waals surface area contributed by atoms with Gasteiger partial charge in [0.1, 0.15) is 24.3 Å². The maximum Gasteiger partial charge on any atom is 0.310 e. The second-order valence-corrected chi connectivity index (χ2v) is 3.69. The van der Waals surface area contributed by atoms with Crippen LogP contribution in [0.2, 0.25) is 0 Å². The molecule has 2 aromatic rings. The zero-order chi connectivity index (χ0) is 13.8. The fourth-order valence-corrected chi connectivity index (χ4v) is 1.40. The lowest BCUT2D eigenvalue weighted by molar-refractivity contribution is -0.385. The average Bonchev–Trinajstić information content (AvgIpc) is 2.81. The van der Waals surface area contributed by atoms with Gasteiger partial charge in [-0.1, -0.05) is 10.3 Å². The number of carbonyl (C=O) groups is 1. The summed E-state index contributed by atoms with van der Waals surface area (Å²) in [5, 5.41) is 18.0. The van der Waals surface area contributed by atoms with Gasteiger partial charge in [0.15, 0.2) is 5.75 Å². The zero-order valence-corrected chi connectivity index (χ0v) is 9.90. The van der Waals surface area contributed by atoms with Crippen molar-refractivity contribution >= 4 is 12.0 Å². The summed E-state index contributed by atoms with van der Waals surface area (Å²) in [6.07, 6.45) is 0.583. The highest BCUT2D eigenvalue weighted by atomic mass is 16.6. The van der Waals surface area contributed by atoms with Gasteiger partial charge in [0.2, 0.25) is 0 Å². The third-order valence-corrected chi connectivity index (χ3v) is 2.43. The zero-order valence-electron chi connectivity index (χ0n) is 9.90. The second kappa shape index (κ2) is 5.25. The van der Waals surface area contributed by atoms with E-state index in [-0.39, 0.29) is 23.6 Å². The van der Waals surface area contributed by atoms with Gasteiger partial charge in [-0.3, -0.25) is 14.9 Å². The lowest BCUT2D eigenvalue weighted by atomic mass is 10.2. The van der Waals surface area contributed by atoms with E-state index in [1.165, 1.54) is 18.2 Å². The predicted molar refractivity (Wildman–Crippen MR) is 61.9 cm³/mol. The Morgan fingerprint density at radius 2 is 2.26 bits per heavy atom. The minimum atomic E-state index is -0.585. The summed E-state index contributed by atoms with van der Waals surface area (Å²) in [5.74, 6) is -0.00278. The Balaban J connectivity index is 2.25. The highest BCUT2D eigenvalue weighted by Crippen LogP contribution is 2.28. The van der Waals surface area contributed by atoms with Gasteiger partial charge in [-0.2, -0.15) is 0 Å². The van der Waals surface area contributed by atoms with E-state index in [0.717, 1.165) is 0 Å².